The molecule has 0 aromatic carbocycles. The molecule has 0 unspecified atom stereocenters. The monoisotopic (exact) mass is 226 g/mol. The summed E-state index contributed by atoms with van der Waals surface area (Å²) in [6.07, 6.45) is 0.193. The number of hydrogen-bond acceptors (Lipinski definition) is 4. The summed E-state index contributed by atoms with van der Waals surface area (Å²) in [6, 6.07) is 1.22. The van der Waals surface area contributed by atoms with E-state index in [4.69, 9.17) is 5.26 Å². The van der Waals surface area contributed by atoms with Crippen LogP contribution < -0.4 is 5.32 Å². The predicted molar refractivity (Wildman–Crippen MR) is 58.2 cm³/mol. The second-order valence-corrected chi connectivity index (χ2v) is 4.00. The Morgan fingerprint density at radius 3 is 2.31 bits per heavy atom. The molecule has 5 heteroatoms. The third kappa shape index (κ3) is 4.30. The molecule has 0 aromatic rings. The van der Waals surface area contributed by atoms with Crippen molar-refractivity contribution in [3.8, 4) is 6.07 Å². The van der Waals surface area contributed by atoms with Gasteiger partial charge in [0.2, 0.25) is 5.91 Å². The first kappa shape index (κ1) is 14.4. The maximum absolute atomic E-state index is 11.5. The molecule has 0 aliphatic heterocycles. The first-order valence-electron chi connectivity index (χ1n) is 5.19. The zero-order valence-corrected chi connectivity index (χ0v) is 10.1. The van der Waals surface area contributed by atoms with Crippen molar-refractivity contribution in [3.05, 3.63) is 0 Å². The van der Waals surface area contributed by atoms with Crippen molar-refractivity contribution in [3.63, 3.8) is 0 Å². The maximum atomic E-state index is 11.5. The molecule has 5 nitrogen and oxygen atoms in total. The molecular weight excluding hydrogens is 208 g/mol. The lowest BCUT2D eigenvalue weighted by molar-refractivity contribution is -0.146. The average molecular weight is 226 g/mol. The first-order chi connectivity index (χ1) is 7.43. The summed E-state index contributed by atoms with van der Waals surface area (Å²) in [4.78, 5) is 22.9. The van der Waals surface area contributed by atoms with E-state index in [0.717, 1.165) is 0 Å². The van der Waals surface area contributed by atoms with E-state index in [1.165, 1.54) is 7.11 Å². The third-order valence-corrected chi connectivity index (χ3v) is 2.26. The molecule has 2 atom stereocenters. The SMILES string of the molecule is COC(=O)[C@@H](NC(=O)C(C)C)[C@@H](C)CC#N. The van der Waals surface area contributed by atoms with E-state index in [9.17, 15) is 9.59 Å². The van der Waals surface area contributed by atoms with Crippen LogP contribution in [0.1, 0.15) is 27.2 Å². The molecule has 0 aromatic heterocycles. The first-order valence-corrected chi connectivity index (χ1v) is 5.19. The van der Waals surface area contributed by atoms with Gasteiger partial charge in [0.1, 0.15) is 6.04 Å². The Morgan fingerprint density at radius 2 is 1.94 bits per heavy atom. The van der Waals surface area contributed by atoms with Crippen LogP contribution in [0.25, 0.3) is 0 Å². The van der Waals surface area contributed by atoms with Gasteiger partial charge in [-0.3, -0.25) is 4.79 Å². The van der Waals surface area contributed by atoms with Gasteiger partial charge in [0.25, 0.3) is 0 Å². The van der Waals surface area contributed by atoms with E-state index < -0.39 is 12.0 Å². The van der Waals surface area contributed by atoms with Crippen LogP contribution in [0, 0.1) is 23.2 Å². The van der Waals surface area contributed by atoms with Crippen LogP contribution in [0.15, 0.2) is 0 Å². The number of rotatable bonds is 5. The molecule has 16 heavy (non-hydrogen) atoms. The van der Waals surface area contributed by atoms with Crippen LogP contribution in [-0.2, 0) is 14.3 Å². The van der Waals surface area contributed by atoms with E-state index in [0.29, 0.717) is 0 Å². The number of esters is 1. The molecule has 0 fully saturated rings. The van der Waals surface area contributed by atoms with Crippen LogP contribution in [0.4, 0.5) is 0 Å². The van der Waals surface area contributed by atoms with Crippen molar-refractivity contribution >= 4 is 11.9 Å². The zero-order chi connectivity index (χ0) is 12.7. The highest BCUT2D eigenvalue weighted by atomic mass is 16.5. The van der Waals surface area contributed by atoms with Crippen molar-refractivity contribution < 1.29 is 14.3 Å². The molecule has 1 N–H and O–H groups in total. The van der Waals surface area contributed by atoms with Gasteiger partial charge in [-0.05, 0) is 0 Å². The largest absolute Gasteiger partial charge is 0.467 e. The highest BCUT2D eigenvalue weighted by Crippen LogP contribution is 2.10. The quantitative estimate of drug-likeness (QED) is 0.705. The molecular formula is C11H18N2O3. The third-order valence-electron chi connectivity index (χ3n) is 2.26. The van der Waals surface area contributed by atoms with Gasteiger partial charge >= 0.3 is 5.97 Å². The summed E-state index contributed by atoms with van der Waals surface area (Å²) < 4.78 is 4.60. The fourth-order valence-corrected chi connectivity index (χ4v) is 1.14. The molecule has 0 aliphatic rings. The van der Waals surface area contributed by atoms with Crippen molar-refractivity contribution in [2.75, 3.05) is 7.11 Å². The average Bonchev–Trinajstić information content (AvgIpc) is 2.24. The van der Waals surface area contributed by atoms with Crippen LogP contribution in [-0.4, -0.2) is 25.0 Å². The summed E-state index contributed by atoms with van der Waals surface area (Å²) in [5.74, 6) is -1.21. The lowest BCUT2D eigenvalue weighted by Gasteiger charge is -2.21. The van der Waals surface area contributed by atoms with E-state index in [1.54, 1.807) is 20.8 Å². The smallest absolute Gasteiger partial charge is 0.328 e. The van der Waals surface area contributed by atoms with Gasteiger partial charge in [-0.15, -0.1) is 0 Å². The van der Waals surface area contributed by atoms with Crippen molar-refractivity contribution in [2.24, 2.45) is 11.8 Å². The number of amides is 1. The van der Waals surface area contributed by atoms with Gasteiger partial charge in [-0.25, -0.2) is 4.79 Å². The number of carbonyl (C=O) groups excluding carboxylic acids is 2. The molecule has 0 bridgehead atoms. The molecule has 0 aliphatic carbocycles. The predicted octanol–water partition coefficient (Wildman–Crippen LogP) is 0.850. The Kier molecular flexibility index (Phi) is 6.16. The van der Waals surface area contributed by atoms with Crippen molar-refractivity contribution in [1.29, 1.82) is 5.26 Å². The topological polar surface area (TPSA) is 79.2 Å². The molecule has 1 amide bonds. The molecule has 0 saturated heterocycles. The van der Waals surface area contributed by atoms with Gasteiger partial charge in [-0.2, -0.15) is 5.26 Å². The summed E-state index contributed by atoms with van der Waals surface area (Å²) in [6.45, 7) is 5.20. The minimum atomic E-state index is -0.750. The number of nitriles is 1. The summed E-state index contributed by atoms with van der Waals surface area (Å²) in [5.41, 5.74) is 0. The highest BCUT2D eigenvalue weighted by Gasteiger charge is 2.28. The Hall–Kier alpha value is -1.57. The molecule has 0 rings (SSSR count). The Labute approximate surface area is 95.8 Å². The number of methoxy groups -OCH3 is 1. The fraction of sp³-hybridized carbons (Fsp3) is 0.727. The Bertz CT molecular complexity index is 294. The molecule has 0 saturated carbocycles. The van der Waals surface area contributed by atoms with E-state index in [2.05, 4.69) is 10.1 Å². The molecule has 90 valence electrons. The Balaban J connectivity index is 4.63. The minimum Gasteiger partial charge on any atom is -0.467 e. The van der Waals surface area contributed by atoms with Crippen LogP contribution in [0.3, 0.4) is 0 Å². The molecule has 0 heterocycles. The van der Waals surface area contributed by atoms with Gasteiger partial charge in [0.05, 0.1) is 13.2 Å². The second-order valence-electron chi connectivity index (χ2n) is 4.00. The number of nitrogens with zero attached hydrogens (tertiary/aromatic N) is 1. The van der Waals surface area contributed by atoms with Crippen molar-refractivity contribution in [2.45, 2.75) is 33.2 Å². The number of ether oxygens (including phenoxy) is 1. The van der Waals surface area contributed by atoms with Crippen molar-refractivity contribution in [1.82, 2.24) is 5.32 Å². The van der Waals surface area contributed by atoms with E-state index in [-0.39, 0.29) is 24.2 Å². The zero-order valence-electron chi connectivity index (χ0n) is 10.1. The normalized spacial score (nSPS) is 13.8. The summed E-state index contributed by atoms with van der Waals surface area (Å²) in [5, 5.41) is 11.2. The van der Waals surface area contributed by atoms with Gasteiger partial charge in [-0.1, -0.05) is 20.8 Å². The van der Waals surface area contributed by atoms with Gasteiger partial charge in [0, 0.05) is 18.3 Å². The number of nitrogens with one attached hydrogen (secondary N) is 1. The summed E-state index contributed by atoms with van der Waals surface area (Å²) in [7, 11) is 1.26. The lowest BCUT2D eigenvalue weighted by atomic mass is 9.98. The fourth-order valence-electron chi connectivity index (χ4n) is 1.14. The van der Waals surface area contributed by atoms with E-state index >= 15 is 0 Å². The van der Waals surface area contributed by atoms with Crippen LogP contribution >= 0.6 is 0 Å². The summed E-state index contributed by atoms with van der Waals surface area (Å²) >= 11 is 0. The molecule has 0 radical (unpaired) electrons. The minimum absolute atomic E-state index is 0.193. The number of hydrogen-bond donors (Lipinski definition) is 1. The second kappa shape index (κ2) is 6.83. The standard InChI is InChI=1S/C11H18N2O3/c1-7(2)10(14)13-9(11(15)16-4)8(3)5-6-12/h7-9H,5H2,1-4H3,(H,13,14)/t8-,9-/m0/s1. The highest BCUT2D eigenvalue weighted by molar-refractivity contribution is 5.85. The van der Waals surface area contributed by atoms with Crippen LogP contribution in [0.2, 0.25) is 0 Å². The number of carbonyl (C=O) groups is 2. The van der Waals surface area contributed by atoms with E-state index in [1.807, 2.05) is 6.07 Å². The lowest BCUT2D eigenvalue weighted by Crippen LogP contribution is -2.47. The maximum Gasteiger partial charge on any atom is 0.328 e. The Morgan fingerprint density at radius 1 is 1.38 bits per heavy atom. The van der Waals surface area contributed by atoms with Gasteiger partial charge in [0.15, 0.2) is 0 Å². The molecule has 0 spiro atoms. The van der Waals surface area contributed by atoms with Crippen LogP contribution in [0.5, 0.6) is 0 Å². The van der Waals surface area contributed by atoms with Gasteiger partial charge < -0.3 is 10.1 Å².